The van der Waals surface area contributed by atoms with E-state index in [0.29, 0.717) is 5.92 Å². The lowest BCUT2D eigenvalue weighted by molar-refractivity contribution is 0.642. The number of nitrogens with zero attached hydrogens (tertiary/aromatic N) is 6. The summed E-state index contributed by atoms with van der Waals surface area (Å²) in [6, 6.07) is 6.10. The molecule has 0 aromatic carbocycles. The Bertz CT molecular complexity index is 1070. The van der Waals surface area contributed by atoms with Gasteiger partial charge in [0.15, 0.2) is 5.13 Å². The molecule has 0 amide bonds. The smallest absolute Gasteiger partial charge is 0.188 e. The molecule has 8 heteroatoms. The fourth-order valence-electron chi connectivity index (χ4n) is 2.87. The van der Waals surface area contributed by atoms with Gasteiger partial charge in [0.05, 0.1) is 17.1 Å². The van der Waals surface area contributed by atoms with Crippen LogP contribution in [0, 0.1) is 6.92 Å². The summed E-state index contributed by atoms with van der Waals surface area (Å²) in [7, 11) is 0. The molecule has 0 aliphatic carbocycles. The lowest BCUT2D eigenvalue weighted by Gasteiger charge is -2.04. The van der Waals surface area contributed by atoms with Gasteiger partial charge in [-0.1, -0.05) is 13.8 Å². The summed E-state index contributed by atoms with van der Waals surface area (Å²) in [5.74, 6) is 2.20. The lowest BCUT2D eigenvalue weighted by Crippen LogP contribution is -2.03. The van der Waals surface area contributed by atoms with E-state index in [1.54, 1.807) is 17.7 Å². The Labute approximate surface area is 168 Å². The van der Waals surface area contributed by atoms with Gasteiger partial charge in [-0.05, 0) is 31.9 Å². The molecule has 0 saturated heterocycles. The zero-order valence-electron chi connectivity index (χ0n) is 16.4. The molecule has 0 fully saturated rings. The maximum absolute atomic E-state index is 4.72. The number of pyridine rings is 1. The SMILES string of the molecule is CCn1nc(C(C)C)cc1Nc1nc(-c2ccc(-n3cnc(C)c3)nc2)cs1. The van der Waals surface area contributed by atoms with Crippen molar-refractivity contribution in [3.63, 3.8) is 0 Å². The summed E-state index contributed by atoms with van der Waals surface area (Å²) in [5.41, 5.74) is 3.93. The first-order valence-electron chi connectivity index (χ1n) is 9.31. The van der Waals surface area contributed by atoms with E-state index in [-0.39, 0.29) is 0 Å². The number of anilines is 2. The number of aromatic nitrogens is 6. The zero-order chi connectivity index (χ0) is 19.7. The second-order valence-electron chi connectivity index (χ2n) is 6.92. The molecule has 7 nitrogen and oxygen atoms in total. The topological polar surface area (TPSA) is 73.5 Å². The van der Waals surface area contributed by atoms with Crippen molar-refractivity contribution in [3.8, 4) is 17.1 Å². The van der Waals surface area contributed by atoms with Gasteiger partial charge in [0.1, 0.15) is 18.0 Å². The highest BCUT2D eigenvalue weighted by Crippen LogP contribution is 2.28. The van der Waals surface area contributed by atoms with Crippen LogP contribution in [0.4, 0.5) is 10.9 Å². The van der Waals surface area contributed by atoms with E-state index in [0.717, 1.165) is 46.0 Å². The third kappa shape index (κ3) is 3.68. The predicted octanol–water partition coefficient (Wildman–Crippen LogP) is 4.78. The third-order valence-electron chi connectivity index (χ3n) is 4.45. The van der Waals surface area contributed by atoms with Gasteiger partial charge in [0.2, 0.25) is 0 Å². The first-order chi connectivity index (χ1) is 13.5. The van der Waals surface area contributed by atoms with Gasteiger partial charge in [-0.25, -0.2) is 19.6 Å². The average Bonchev–Trinajstić information content (AvgIpc) is 3.42. The van der Waals surface area contributed by atoms with Crippen molar-refractivity contribution < 1.29 is 0 Å². The molecular weight excluding hydrogens is 370 g/mol. The maximum atomic E-state index is 4.72. The molecule has 0 bridgehead atoms. The highest BCUT2D eigenvalue weighted by atomic mass is 32.1. The number of imidazole rings is 1. The fraction of sp³-hybridized carbons (Fsp3) is 0.300. The second-order valence-corrected chi connectivity index (χ2v) is 7.77. The largest absolute Gasteiger partial charge is 0.316 e. The molecule has 0 aliphatic heterocycles. The molecule has 0 atom stereocenters. The van der Waals surface area contributed by atoms with E-state index >= 15 is 0 Å². The Morgan fingerprint density at radius 2 is 2.07 bits per heavy atom. The summed E-state index contributed by atoms with van der Waals surface area (Å²) < 4.78 is 3.88. The number of hydrogen-bond acceptors (Lipinski definition) is 6. The Morgan fingerprint density at radius 1 is 1.21 bits per heavy atom. The van der Waals surface area contributed by atoms with Crippen LogP contribution in [0.25, 0.3) is 17.1 Å². The van der Waals surface area contributed by atoms with Crippen LogP contribution in [0.2, 0.25) is 0 Å². The molecule has 28 heavy (non-hydrogen) atoms. The normalized spacial score (nSPS) is 11.3. The van der Waals surface area contributed by atoms with Crippen molar-refractivity contribution in [2.45, 2.75) is 40.2 Å². The van der Waals surface area contributed by atoms with Crippen molar-refractivity contribution in [2.24, 2.45) is 0 Å². The number of nitrogens with one attached hydrogen (secondary N) is 1. The number of thiazole rings is 1. The van der Waals surface area contributed by atoms with Crippen molar-refractivity contribution in [1.29, 1.82) is 0 Å². The highest BCUT2D eigenvalue weighted by Gasteiger charge is 2.12. The van der Waals surface area contributed by atoms with E-state index in [1.807, 2.05) is 46.1 Å². The fourth-order valence-corrected chi connectivity index (χ4v) is 3.60. The Hall–Kier alpha value is -3.00. The molecule has 0 aliphatic rings. The summed E-state index contributed by atoms with van der Waals surface area (Å²) in [6.45, 7) is 9.16. The monoisotopic (exact) mass is 393 g/mol. The van der Waals surface area contributed by atoms with Gasteiger partial charge in [0.25, 0.3) is 0 Å². The van der Waals surface area contributed by atoms with E-state index < -0.39 is 0 Å². The predicted molar refractivity (Wildman–Crippen MR) is 112 cm³/mol. The molecule has 144 valence electrons. The molecule has 4 rings (SSSR count). The minimum absolute atomic E-state index is 0.393. The molecule has 4 heterocycles. The number of hydrogen-bond donors (Lipinski definition) is 1. The molecule has 4 aromatic heterocycles. The van der Waals surface area contributed by atoms with Crippen LogP contribution in [0.3, 0.4) is 0 Å². The van der Waals surface area contributed by atoms with Crippen molar-refractivity contribution in [1.82, 2.24) is 29.3 Å². The van der Waals surface area contributed by atoms with Crippen LogP contribution >= 0.6 is 11.3 Å². The van der Waals surface area contributed by atoms with Crippen molar-refractivity contribution in [3.05, 3.63) is 53.7 Å². The van der Waals surface area contributed by atoms with Crippen LogP contribution in [-0.4, -0.2) is 29.3 Å². The average molecular weight is 394 g/mol. The zero-order valence-corrected chi connectivity index (χ0v) is 17.2. The van der Waals surface area contributed by atoms with Gasteiger partial charge in [-0.15, -0.1) is 11.3 Å². The van der Waals surface area contributed by atoms with Gasteiger partial charge in [0, 0.05) is 35.9 Å². The van der Waals surface area contributed by atoms with Gasteiger partial charge >= 0.3 is 0 Å². The van der Waals surface area contributed by atoms with E-state index in [9.17, 15) is 0 Å². The summed E-state index contributed by atoms with van der Waals surface area (Å²) in [4.78, 5) is 13.5. The van der Waals surface area contributed by atoms with Crippen LogP contribution in [-0.2, 0) is 6.54 Å². The molecule has 1 N–H and O–H groups in total. The summed E-state index contributed by atoms with van der Waals surface area (Å²) in [5, 5.41) is 10.9. The van der Waals surface area contributed by atoms with Crippen LogP contribution in [0.15, 0.2) is 42.3 Å². The standard InChI is InChI=1S/C20H23N7S/c1-5-27-19(8-16(25-27)13(2)3)24-20-23-17(11-28-20)15-6-7-18(21-9-15)26-10-14(4)22-12-26/h6-13H,5H2,1-4H3,(H,23,24). The first-order valence-corrected chi connectivity index (χ1v) is 10.2. The van der Waals surface area contributed by atoms with E-state index in [4.69, 9.17) is 4.98 Å². The molecule has 4 aromatic rings. The number of aryl methyl sites for hydroxylation is 2. The summed E-state index contributed by atoms with van der Waals surface area (Å²) >= 11 is 1.57. The van der Waals surface area contributed by atoms with Crippen LogP contribution < -0.4 is 5.32 Å². The first kappa shape index (κ1) is 18.4. The van der Waals surface area contributed by atoms with Gasteiger partial charge in [-0.2, -0.15) is 5.10 Å². The summed E-state index contributed by atoms with van der Waals surface area (Å²) in [6.07, 6.45) is 5.57. The van der Waals surface area contributed by atoms with E-state index in [2.05, 4.69) is 47.2 Å². The molecular formula is C20H23N7S. The highest BCUT2D eigenvalue weighted by molar-refractivity contribution is 7.14. The molecule has 0 saturated carbocycles. The number of rotatable bonds is 6. The molecule has 0 radical (unpaired) electrons. The second kappa shape index (κ2) is 7.55. The minimum atomic E-state index is 0.393. The third-order valence-corrected chi connectivity index (χ3v) is 5.21. The quantitative estimate of drug-likeness (QED) is 0.510. The van der Waals surface area contributed by atoms with Crippen LogP contribution in [0.1, 0.15) is 38.1 Å². The molecule has 0 unspecified atom stereocenters. The Balaban J connectivity index is 1.53. The Morgan fingerprint density at radius 3 is 2.71 bits per heavy atom. The maximum Gasteiger partial charge on any atom is 0.188 e. The minimum Gasteiger partial charge on any atom is -0.316 e. The van der Waals surface area contributed by atoms with Gasteiger partial charge < -0.3 is 5.32 Å². The Kier molecular flexibility index (Phi) is 4.95. The van der Waals surface area contributed by atoms with Crippen molar-refractivity contribution in [2.75, 3.05) is 5.32 Å². The van der Waals surface area contributed by atoms with Gasteiger partial charge in [-0.3, -0.25) is 4.57 Å². The van der Waals surface area contributed by atoms with E-state index in [1.165, 1.54) is 0 Å². The van der Waals surface area contributed by atoms with Crippen molar-refractivity contribution >= 4 is 22.3 Å². The van der Waals surface area contributed by atoms with Crippen LogP contribution in [0.5, 0.6) is 0 Å². The molecule has 0 spiro atoms. The lowest BCUT2D eigenvalue weighted by atomic mass is 10.1.